The summed E-state index contributed by atoms with van der Waals surface area (Å²) in [6.07, 6.45) is 3.12. The van der Waals surface area contributed by atoms with E-state index in [0.717, 1.165) is 25.2 Å². The maximum atomic E-state index is 13.4. The monoisotopic (exact) mass is 480 g/mol. The summed E-state index contributed by atoms with van der Waals surface area (Å²) in [5, 5.41) is 10.3. The van der Waals surface area contributed by atoms with Gasteiger partial charge in [-0.25, -0.2) is 8.78 Å². The Labute approximate surface area is 203 Å². The zero-order valence-corrected chi connectivity index (χ0v) is 19.7. The van der Waals surface area contributed by atoms with E-state index in [1.807, 2.05) is 4.57 Å². The number of aromatic nitrogens is 3. The first-order valence-electron chi connectivity index (χ1n) is 12.3. The molecule has 2 aliphatic rings. The normalized spacial score (nSPS) is 18.7. The van der Waals surface area contributed by atoms with Crippen LogP contribution >= 0.6 is 0 Å². The highest BCUT2D eigenvalue weighted by Gasteiger charge is 2.35. The van der Waals surface area contributed by atoms with Crippen molar-refractivity contribution in [3.05, 3.63) is 47.2 Å². The van der Waals surface area contributed by atoms with Crippen molar-refractivity contribution in [1.29, 1.82) is 5.26 Å². The largest absolute Gasteiger partial charge is 0.463 e. The van der Waals surface area contributed by atoms with Crippen molar-refractivity contribution in [3.8, 4) is 12.1 Å². The molecule has 0 bridgehead atoms. The van der Waals surface area contributed by atoms with Crippen LogP contribution in [0, 0.1) is 17.2 Å². The Morgan fingerprint density at radius 1 is 1.06 bits per heavy atom. The third kappa shape index (κ3) is 5.38. The molecule has 2 fully saturated rings. The van der Waals surface area contributed by atoms with Gasteiger partial charge in [-0.15, -0.1) is 0 Å². The van der Waals surface area contributed by atoms with Crippen LogP contribution in [0.3, 0.4) is 0 Å². The van der Waals surface area contributed by atoms with Gasteiger partial charge in [-0.3, -0.25) is 4.90 Å². The van der Waals surface area contributed by atoms with Crippen molar-refractivity contribution in [2.45, 2.75) is 57.5 Å². The van der Waals surface area contributed by atoms with Crippen LogP contribution in [0.2, 0.25) is 0 Å². The predicted molar refractivity (Wildman–Crippen MR) is 129 cm³/mol. The minimum absolute atomic E-state index is 0.0377. The summed E-state index contributed by atoms with van der Waals surface area (Å²) < 4.78 is 34.5. The fourth-order valence-electron chi connectivity index (χ4n) is 5.03. The van der Waals surface area contributed by atoms with Crippen molar-refractivity contribution in [2.24, 2.45) is 5.92 Å². The van der Waals surface area contributed by atoms with Gasteiger partial charge in [0.15, 0.2) is 5.65 Å². The second kappa shape index (κ2) is 9.78. The van der Waals surface area contributed by atoms with Gasteiger partial charge < -0.3 is 15.0 Å². The van der Waals surface area contributed by atoms with Gasteiger partial charge in [0.25, 0.3) is 0 Å². The van der Waals surface area contributed by atoms with E-state index in [2.05, 4.69) is 45.2 Å². The molecule has 1 saturated heterocycles. The topological polar surface area (TPSA) is 93.0 Å². The number of nitrogens with two attached hydrogens (primary N) is 1. The molecule has 0 spiro atoms. The lowest BCUT2D eigenvalue weighted by Crippen LogP contribution is -2.27. The molecule has 35 heavy (non-hydrogen) atoms. The molecule has 0 amide bonds. The first-order chi connectivity index (χ1) is 16.9. The van der Waals surface area contributed by atoms with Crippen molar-refractivity contribution >= 4 is 16.9 Å². The maximum absolute atomic E-state index is 13.4. The van der Waals surface area contributed by atoms with E-state index >= 15 is 0 Å². The number of likely N-dealkylation sites (tertiary alicyclic amines) is 1. The standard InChI is InChI=1S/C26H30F2N6O/c27-26(28)9-7-20(8-10-26)17-35-25-31-23(30)22-13-21(14-29)34(24(22)32-25)16-19-5-3-18(4-6-19)15-33-11-1-2-12-33/h3-6,13,20H,1-2,7-12,15-17H2,(H2,30,31,32). The fraction of sp³-hybridized carbons (Fsp3) is 0.500. The van der Waals surface area contributed by atoms with E-state index < -0.39 is 5.92 Å². The Balaban J connectivity index is 1.32. The third-order valence-corrected chi connectivity index (χ3v) is 7.13. The zero-order valence-electron chi connectivity index (χ0n) is 19.7. The average molecular weight is 481 g/mol. The molecule has 0 unspecified atom stereocenters. The second-order valence-electron chi connectivity index (χ2n) is 9.77. The highest BCUT2D eigenvalue weighted by atomic mass is 19.3. The lowest BCUT2D eigenvalue weighted by atomic mass is 9.87. The number of fused-ring (bicyclic) bond motifs is 1. The molecule has 184 valence electrons. The molecule has 3 heterocycles. The Kier molecular flexibility index (Phi) is 6.56. The lowest BCUT2D eigenvalue weighted by molar-refractivity contribution is -0.0501. The number of nitrogen functional groups attached to an aromatic ring is 1. The van der Waals surface area contributed by atoms with E-state index in [-0.39, 0.29) is 37.2 Å². The molecule has 7 nitrogen and oxygen atoms in total. The summed E-state index contributed by atoms with van der Waals surface area (Å²) in [6, 6.07) is 12.5. The van der Waals surface area contributed by atoms with Gasteiger partial charge in [0.2, 0.25) is 5.92 Å². The van der Waals surface area contributed by atoms with E-state index in [0.29, 0.717) is 36.1 Å². The van der Waals surface area contributed by atoms with Crippen molar-refractivity contribution in [3.63, 3.8) is 0 Å². The second-order valence-corrected chi connectivity index (χ2v) is 9.77. The number of benzene rings is 1. The fourth-order valence-corrected chi connectivity index (χ4v) is 5.03. The summed E-state index contributed by atoms with van der Waals surface area (Å²) in [7, 11) is 0. The highest BCUT2D eigenvalue weighted by Crippen LogP contribution is 2.36. The molecule has 1 aromatic carbocycles. The highest BCUT2D eigenvalue weighted by molar-refractivity contribution is 5.88. The molecule has 1 aliphatic heterocycles. The summed E-state index contributed by atoms with van der Waals surface area (Å²) >= 11 is 0. The molecular weight excluding hydrogens is 450 g/mol. The van der Waals surface area contributed by atoms with Crippen molar-refractivity contribution < 1.29 is 13.5 Å². The van der Waals surface area contributed by atoms with Gasteiger partial charge in [0.1, 0.15) is 17.6 Å². The van der Waals surface area contributed by atoms with Crippen molar-refractivity contribution in [2.75, 3.05) is 25.4 Å². The van der Waals surface area contributed by atoms with Crippen LogP contribution in [0.1, 0.15) is 55.3 Å². The summed E-state index contributed by atoms with van der Waals surface area (Å²) in [6.45, 7) is 4.00. The number of rotatable bonds is 7. The molecule has 0 radical (unpaired) electrons. The first-order valence-corrected chi connectivity index (χ1v) is 12.3. The van der Waals surface area contributed by atoms with Gasteiger partial charge in [-0.05, 0) is 61.9 Å². The Hall–Kier alpha value is -3.25. The number of hydrogen-bond donors (Lipinski definition) is 1. The molecule has 2 aromatic heterocycles. The summed E-state index contributed by atoms with van der Waals surface area (Å²) in [5.74, 6) is -2.30. The minimum Gasteiger partial charge on any atom is -0.463 e. The zero-order chi connectivity index (χ0) is 24.4. The van der Waals surface area contributed by atoms with Gasteiger partial charge in [-0.2, -0.15) is 15.2 Å². The van der Waals surface area contributed by atoms with Crippen LogP contribution in [0.15, 0.2) is 30.3 Å². The molecule has 3 aromatic rings. The van der Waals surface area contributed by atoms with Crippen LogP contribution in [-0.2, 0) is 13.1 Å². The van der Waals surface area contributed by atoms with Crippen LogP contribution in [-0.4, -0.2) is 45.1 Å². The predicted octanol–water partition coefficient (Wildman–Crippen LogP) is 4.73. The van der Waals surface area contributed by atoms with E-state index in [4.69, 9.17) is 10.5 Å². The number of ether oxygens (including phenoxy) is 1. The Morgan fingerprint density at radius 2 is 1.71 bits per heavy atom. The first kappa shape index (κ1) is 23.5. The molecular formula is C26H30F2N6O. The Bertz CT molecular complexity index is 1220. The number of halogens is 2. The van der Waals surface area contributed by atoms with Gasteiger partial charge in [-0.1, -0.05) is 24.3 Å². The quantitative estimate of drug-likeness (QED) is 0.525. The minimum atomic E-state index is -2.57. The average Bonchev–Trinajstić information content (AvgIpc) is 3.48. The summed E-state index contributed by atoms with van der Waals surface area (Å²) in [4.78, 5) is 11.2. The SMILES string of the molecule is N#Cc1cc2c(N)nc(OCC3CCC(F)(F)CC3)nc2n1Cc1ccc(CN2CCCC2)cc1. The maximum Gasteiger partial charge on any atom is 0.320 e. The van der Waals surface area contributed by atoms with Gasteiger partial charge in [0, 0.05) is 19.4 Å². The van der Waals surface area contributed by atoms with Crippen LogP contribution in [0.5, 0.6) is 6.01 Å². The summed E-state index contributed by atoms with van der Waals surface area (Å²) in [5.41, 5.74) is 9.46. The van der Waals surface area contributed by atoms with Gasteiger partial charge in [0.05, 0.1) is 18.5 Å². The smallest absolute Gasteiger partial charge is 0.320 e. The number of nitriles is 1. The molecule has 1 saturated carbocycles. The molecule has 2 N–H and O–H groups in total. The van der Waals surface area contributed by atoms with Crippen LogP contribution in [0.4, 0.5) is 14.6 Å². The lowest BCUT2D eigenvalue weighted by Gasteiger charge is -2.27. The third-order valence-electron chi connectivity index (χ3n) is 7.13. The number of nitrogens with zero attached hydrogens (tertiary/aromatic N) is 5. The van der Waals surface area contributed by atoms with E-state index in [1.165, 1.54) is 18.4 Å². The van der Waals surface area contributed by atoms with Crippen molar-refractivity contribution in [1.82, 2.24) is 19.4 Å². The number of hydrogen-bond acceptors (Lipinski definition) is 6. The van der Waals surface area contributed by atoms with Gasteiger partial charge >= 0.3 is 6.01 Å². The molecule has 9 heteroatoms. The number of alkyl halides is 2. The van der Waals surface area contributed by atoms with Crippen LogP contribution < -0.4 is 10.5 Å². The van der Waals surface area contributed by atoms with Crippen LogP contribution in [0.25, 0.3) is 11.0 Å². The molecule has 5 rings (SSSR count). The molecule has 1 aliphatic carbocycles. The van der Waals surface area contributed by atoms with E-state index in [9.17, 15) is 14.0 Å². The number of anilines is 1. The Morgan fingerprint density at radius 3 is 2.37 bits per heavy atom. The van der Waals surface area contributed by atoms with E-state index in [1.54, 1.807) is 6.07 Å². The molecule has 0 atom stereocenters.